The molecule has 1 N–H and O–H groups in total. The molecule has 0 radical (unpaired) electrons. The van der Waals surface area contributed by atoms with Gasteiger partial charge in [-0.2, -0.15) is 20.2 Å². The molecule has 4 bridgehead atoms. The fraction of sp³-hybridized carbons (Fsp3) is 0.350. The first-order chi connectivity index (χ1) is 28.6. The third kappa shape index (κ3) is 6.45. The number of ether oxygens (including phenoxy) is 1. The second kappa shape index (κ2) is 14.3. The minimum atomic E-state index is -0.809. The lowest BCUT2D eigenvalue weighted by Crippen LogP contribution is -2.49. The van der Waals surface area contributed by atoms with E-state index in [0.29, 0.717) is 90.4 Å². The average molecular weight is 805 g/mol. The van der Waals surface area contributed by atoms with Gasteiger partial charge in [0.05, 0.1) is 47.0 Å². The maximum Gasteiger partial charge on any atom is 0.245 e. The molecule has 59 heavy (non-hydrogen) atoms. The van der Waals surface area contributed by atoms with Crippen LogP contribution in [0.25, 0.3) is 39.0 Å². The summed E-state index contributed by atoms with van der Waals surface area (Å²) >= 11 is 0. The number of fused-ring (bicyclic) bond motifs is 6. The molecule has 3 aliphatic heterocycles. The molecule has 3 aliphatic rings. The Hall–Kier alpha value is -6.63. The van der Waals surface area contributed by atoms with E-state index in [0.717, 1.165) is 12.1 Å². The number of rotatable bonds is 6. The Labute approximate surface area is 335 Å². The number of halogens is 3. The summed E-state index contributed by atoms with van der Waals surface area (Å²) in [6, 6.07) is 8.74. The molecule has 8 heterocycles. The van der Waals surface area contributed by atoms with E-state index < -0.39 is 29.6 Å². The number of hydrogen-bond acceptors (Lipinski definition) is 12. The molecule has 7 aromatic rings. The largest absolute Gasteiger partial charge is 0.375 e. The van der Waals surface area contributed by atoms with Gasteiger partial charge >= 0.3 is 0 Å². The summed E-state index contributed by atoms with van der Waals surface area (Å²) in [7, 11) is 1.75. The summed E-state index contributed by atoms with van der Waals surface area (Å²) in [6.45, 7) is 6.15. The molecule has 1 amide bonds. The van der Waals surface area contributed by atoms with Crippen molar-refractivity contribution >= 4 is 45.7 Å². The first-order valence-corrected chi connectivity index (χ1v) is 19.5. The highest BCUT2D eigenvalue weighted by atomic mass is 19.1. The first-order valence-electron chi connectivity index (χ1n) is 19.5. The third-order valence-electron chi connectivity index (χ3n) is 11.3. The molecular formula is C40H39F3N14O2. The topological polar surface area (TPSA) is 153 Å². The Bertz CT molecular complexity index is 2730. The number of carbonyl (C=O) groups excluding carboxylic acids is 1. The monoisotopic (exact) mass is 804 g/mol. The number of amides is 1. The van der Waals surface area contributed by atoms with Crippen molar-refractivity contribution in [1.82, 2.24) is 53.9 Å². The zero-order valence-corrected chi connectivity index (χ0v) is 32.4. The number of benzene rings is 2. The second-order valence-electron chi connectivity index (χ2n) is 15.2. The molecule has 302 valence electrons. The Morgan fingerprint density at radius 3 is 2.59 bits per heavy atom. The molecule has 0 saturated carbocycles. The molecule has 0 spiro atoms. The van der Waals surface area contributed by atoms with Gasteiger partial charge in [-0.05, 0) is 50.6 Å². The van der Waals surface area contributed by atoms with Crippen LogP contribution in [0.2, 0.25) is 0 Å². The van der Waals surface area contributed by atoms with Gasteiger partial charge in [0.1, 0.15) is 35.0 Å². The number of anilines is 3. The maximum atomic E-state index is 15.3. The van der Waals surface area contributed by atoms with Crippen molar-refractivity contribution in [2.24, 2.45) is 0 Å². The van der Waals surface area contributed by atoms with E-state index in [2.05, 4.69) is 20.5 Å². The van der Waals surface area contributed by atoms with Crippen LogP contribution in [-0.4, -0.2) is 118 Å². The molecular weight excluding hydrogens is 766 g/mol. The Morgan fingerprint density at radius 2 is 1.80 bits per heavy atom. The smallest absolute Gasteiger partial charge is 0.245 e. The molecule has 2 saturated heterocycles. The zero-order chi connectivity index (χ0) is 40.5. The lowest BCUT2D eigenvalue weighted by molar-refractivity contribution is -0.133. The van der Waals surface area contributed by atoms with E-state index in [4.69, 9.17) is 24.7 Å². The lowest BCUT2D eigenvalue weighted by atomic mass is 10.1. The Balaban J connectivity index is 1.09. The van der Waals surface area contributed by atoms with Crippen LogP contribution in [-0.2, 0) is 16.1 Å². The minimum absolute atomic E-state index is 0.00986. The normalized spacial score (nSPS) is 19.9. The van der Waals surface area contributed by atoms with Crippen LogP contribution in [0.1, 0.15) is 25.2 Å². The molecule has 0 aliphatic carbocycles. The average Bonchev–Trinajstić information content (AvgIpc) is 4.01. The van der Waals surface area contributed by atoms with Crippen LogP contribution in [0, 0.1) is 24.4 Å². The fourth-order valence-corrected chi connectivity index (χ4v) is 8.54. The van der Waals surface area contributed by atoms with Crippen molar-refractivity contribution < 1.29 is 22.7 Å². The number of nitrogens with zero attached hydrogens (tertiary/aromatic N) is 13. The standard InChI is InChI=1S/C40H39F3N14O2/c1-4-59-27-20-52(3)38(58)34-15-25(48-39-44-10-8-31(49-39)28-12-24(42)14-32-35(28)54(21-27)22(2)47-32)17-55(34)36-29-16-46-57(33-7-6-23(41)13-30(33)43)37(29)51-40(50-36)53-18-26(19-53)56-11-5-9-45-56/h5-14,16,25-27,34H,4,15,17-21H2,1-3H3,(H,44,48,49)/t25?,27-,34-/m0/s1. The van der Waals surface area contributed by atoms with Gasteiger partial charge in [0.15, 0.2) is 11.5 Å². The highest BCUT2D eigenvalue weighted by Crippen LogP contribution is 2.37. The van der Waals surface area contributed by atoms with Crippen LogP contribution < -0.4 is 15.1 Å². The van der Waals surface area contributed by atoms with E-state index in [1.807, 2.05) is 45.2 Å². The molecule has 1 unspecified atom stereocenters. The summed E-state index contributed by atoms with van der Waals surface area (Å²) in [5.74, 6) is -0.400. The third-order valence-corrected chi connectivity index (χ3v) is 11.3. The number of likely N-dealkylation sites (N-methyl/N-ethyl adjacent to an activating group) is 1. The number of aromatic nitrogens is 10. The number of carbonyl (C=O) groups is 1. The van der Waals surface area contributed by atoms with Crippen molar-refractivity contribution in [2.45, 2.75) is 51.0 Å². The summed E-state index contributed by atoms with van der Waals surface area (Å²) in [6.07, 6.45) is 6.68. The van der Waals surface area contributed by atoms with Crippen LogP contribution in [0.5, 0.6) is 0 Å². The summed E-state index contributed by atoms with van der Waals surface area (Å²) in [4.78, 5) is 44.5. The van der Waals surface area contributed by atoms with E-state index in [9.17, 15) is 9.18 Å². The highest BCUT2D eigenvalue weighted by molar-refractivity contribution is 5.94. The van der Waals surface area contributed by atoms with Gasteiger partial charge in [-0.1, -0.05) is 0 Å². The molecule has 19 heteroatoms. The van der Waals surface area contributed by atoms with Gasteiger partial charge < -0.3 is 29.3 Å². The predicted octanol–water partition coefficient (Wildman–Crippen LogP) is 4.54. The number of aryl methyl sites for hydroxylation is 1. The van der Waals surface area contributed by atoms with Gasteiger partial charge in [0.25, 0.3) is 0 Å². The zero-order valence-electron chi connectivity index (χ0n) is 32.4. The number of nitrogens with one attached hydrogen (secondary N) is 1. The molecule has 3 atom stereocenters. The molecule has 2 aromatic carbocycles. The quantitative estimate of drug-likeness (QED) is 0.251. The van der Waals surface area contributed by atoms with Crippen molar-refractivity contribution in [3.05, 3.63) is 90.5 Å². The van der Waals surface area contributed by atoms with Gasteiger partial charge in [0.2, 0.25) is 17.8 Å². The molecule has 10 rings (SSSR count). The van der Waals surface area contributed by atoms with Gasteiger partial charge in [-0.15, -0.1) is 0 Å². The van der Waals surface area contributed by atoms with Crippen molar-refractivity contribution in [3.63, 3.8) is 0 Å². The van der Waals surface area contributed by atoms with Crippen LogP contribution in [0.3, 0.4) is 0 Å². The molecule has 16 nitrogen and oxygen atoms in total. The summed E-state index contributed by atoms with van der Waals surface area (Å²) in [5, 5.41) is 12.8. The predicted molar refractivity (Wildman–Crippen MR) is 212 cm³/mol. The fourth-order valence-electron chi connectivity index (χ4n) is 8.54. The van der Waals surface area contributed by atoms with Crippen LogP contribution >= 0.6 is 0 Å². The van der Waals surface area contributed by atoms with Crippen molar-refractivity contribution in [2.75, 3.05) is 55.0 Å². The van der Waals surface area contributed by atoms with Gasteiger partial charge in [-0.3, -0.25) is 9.48 Å². The highest BCUT2D eigenvalue weighted by Gasteiger charge is 2.42. The molecule has 5 aromatic heterocycles. The Morgan fingerprint density at radius 1 is 0.932 bits per heavy atom. The van der Waals surface area contributed by atoms with Crippen molar-refractivity contribution in [1.29, 1.82) is 0 Å². The lowest BCUT2D eigenvalue weighted by Gasteiger charge is -2.39. The van der Waals surface area contributed by atoms with E-state index in [1.165, 1.54) is 22.9 Å². The molecule has 2 fully saturated rings. The van der Waals surface area contributed by atoms with Gasteiger partial charge in [0, 0.05) is 82.2 Å². The van der Waals surface area contributed by atoms with Crippen LogP contribution in [0.4, 0.5) is 30.9 Å². The number of imidazole rings is 1. The Kier molecular flexibility index (Phi) is 8.91. The minimum Gasteiger partial charge on any atom is -0.375 e. The summed E-state index contributed by atoms with van der Waals surface area (Å²) < 4.78 is 56.0. The van der Waals surface area contributed by atoms with E-state index in [-0.39, 0.29) is 35.9 Å². The maximum absolute atomic E-state index is 15.3. The second-order valence-corrected chi connectivity index (χ2v) is 15.2. The van der Waals surface area contributed by atoms with E-state index >= 15 is 8.78 Å². The van der Waals surface area contributed by atoms with Crippen LogP contribution in [0.15, 0.2) is 67.3 Å². The van der Waals surface area contributed by atoms with E-state index in [1.54, 1.807) is 36.6 Å². The number of hydrogen-bond donors (Lipinski definition) is 1. The summed E-state index contributed by atoms with van der Waals surface area (Å²) in [5.41, 5.74) is 2.55. The first kappa shape index (κ1) is 36.7. The SMILES string of the molecule is CCO[C@H]1CN(C)C(=O)[C@@H]2CC(CN2c2nc(N3CC(n4cccn4)C3)nc3c2cnn3-c2ccc(F)cc2F)Nc2nccc(n2)-c2cc(F)cc3nc(C)n(c23)C1. The van der Waals surface area contributed by atoms with Crippen molar-refractivity contribution in [3.8, 4) is 16.9 Å². The van der Waals surface area contributed by atoms with Gasteiger partial charge in [-0.25, -0.2) is 32.8 Å².